The fourth-order valence-electron chi connectivity index (χ4n) is 8.60. The van der Waals surface area contributed by atoms with Crippen LogP contribution in [-0.2, 0) is 6.18 Å². The van der Waals surface area contributed by atoms with Gasteiger partial charge in [0.25, 0.3) is 0 Å². The zero-order valence-corrected chi connectivity index (χ0v) is 31.5. The number of rotatable bonds is 5. The van der Waals surface area contributed by atoms with E-state index in [1.165, 1.54) is 12.1 Å². The SMILES string of the molecule is N#Cc1ccc(-n2c3ccccc3c3cc(-c4ccccc4C#N)ccc32)c(-c2ccc(C(F)(F)F)cc2-n2c3ccccc3c3cc(-c4ccccc4C#N)ccc32)c1. The fraction of sp³-hybridized carbons (Fsp3) is 0.0192. The molecular weight excluding hydrogens is 752 g/mol. The molecule has 0 fully saturated rings. The van der Waals surface area contributed by atoms with Crippen molar-refractivity contribution in [2.45, 2.75) is 6.18 Å². The predicted octanol–water partition coefficient (Wildman–Crippen LogP) is 13.5. The van der Waals surface area contributed by atoms with Gasteiger partial charge in [0.15, 0.2) is 0 Å². The van der Waals surface area contributed by atoms with Gasteiger partial charge >= 0.3 is 6.18 Å². The summed E-state index contributed by atoms with van der Waals surface area (Å²) in [6, 6.07) is 58.0. The number of para-hydroxylation sites is 2. The number of fused-ring (bicyclic) bond motifs is 6. The Morgan fingerprint density at radius 2 is 0.883 bits per heavy atom. The Kier molecular flexibility index (Phi) is 8.35. The fourth-order valence-corrected chi connectivity index (χ4v) is 8.60. The molecule has 60 heavy (non-hydrogen) atoms. The molecule has 0 N–H and O–H groups in total. The quantitative estimate of drug-likeness (QED) is 0.174. The van der Waals surface area contributed by atoms with Crippen molar-refractivity contribution >= 4 is 43.6 Å². The molecule has 5 nitrogen and oxygen atoms in total. The van der Waals surface area contributed by atoms with E-state index in [2.05, 4.69) is 28.8 Å². The molecule has 0 saturated carbocycles. The Bertz CT molecular complexity index is 3530. The molecule has 0 radical (unpaired) electrons. The summed E-state index contributed by atoms with van der Waals surface area (Å²) in [4.78, 5) is 0. The van der Waals surface area contributed by atoms with E-state index in [9.17, 15) is 29.0 Å². The van der Waals surface area contributed by atoms with Gasteiger partial charge in [0.05, 0.1) is 73.9 Å². The van der Waals surface area contributed by atoms with Crippen LogP contribution < -0.4 is 0 Å². The summed E-state index contributed by atoms with van der Waals surface area (Å²) in [5.41, 5.74) is 8.92. The van der Waals surface area contributed by atoms with Gasteiger partial charge in [-0.05, 0) is 101 Å². The topological polar surface area (TPSA) is 81.2 Å². The minimum absolute atomic E-state index is 0.286. The van der Waals surface area contributed by atoms with Crippen LogP contribution in [0.25, 0.3) is 88.4 Å². The Balaban J connectivity index is 1.27. The maximum Gasteiger partial charge on any atom is 0.416 e. The molecule has 2 aromatic heterocycles. The second-order valence-corrected chi connectivity index (χ2v) is 14.6. The van der Waals surface area contributed by atoms with Gasteiger partial charge in [-0.15, -0.1) is 0 Å². The number of nitriles is 3. The van der Waals surface area contributed by atoms with Gasteiger partial charge in [-0.1, -0.05) is 91.0 Å². The molecule has 0 atom stereocenters. The number of benzene rings is 8. The largest absolute Gasteiger partial charge is 0.416 e. The Labute approximate surface area is 341 Å². The summed E-state index contributed by atoms with van der Waals surface area (Å²) >= 11 is 0. The van der Waals surface area contributed by atoms with Gasteiger partial charge in [0, 0.05) is 32.7 Å². The van der Waals surface area contributed by atoms with Crippen molar-refractivity contribution in [1.82, 2.24) is 9.13 Å². The van der Waals surface area contributed by atoms with Crippen molar-refractivity contribution in [2.75, 3.05) is 0 Å². The third kappa shape index (κ3) is 5.69. The summed E-state index contributed by atoms with van der Waals surface area (Å²) in [6.07, 6.45) is -4.65. The second-order valence-electron chi connectivity index (χ2n) is 14.6. The maximum atomic E-state index is 14.8. The van der Waals surface area contributed by atoms with E-state index in [-0.39, 0.29) is 5.69 Å². The minimum atomic E-state index is -4.65. The zero-order valence-electron chi connectivity index (χ0n) is 31.5. The van der Waals surface area contributed by atoms with E-state index in [1.54, 1.807) is 24.3 Å². The number of halogens is 3. The van der Waals surface area contributed by atoms with Crippen LogP contribution >= 0.6 is 0 Å². The standard InChI is InChI=1S/C52H28F3N5/c53-52(54,55)37-20-21-42(51(28-37)60-47-16-8-6-14-41(47)45-27-34(19-24-50(45)60)39-12-4-2-10-36(39)31-58)43-25-32(29-56)17-22-48(43)59-46-15-7-5-13-40(46)44-26-33(18-23-49(44)59)38-11-3-1-9-35(38)30-57/h1-28H. The summed E-state index contributed by atoms with van der Waals surface area (Å²) in [6.45, 7) is 0. The summed E-state index contributed by atoms with van der Waals surface area (Å²) in [5, 5.41) is 33.5. The van der Waals surface area contributed by atoms with Crippen molar-refractivity contribution in [1.29, 1.82) is 15.8 Å². The average Bonchev–Trinajstić information content (AvgIpc) is 3.80. The molecule has 2 heterocycles. The van der Waals surface area contributed by atoms with Crippen LogP contribution in [0.3, 0.4) is 0 Å². The third-order valence-corrected chi connectivity index (χ3v) is 11.3. The van der Waals surface area contributed by atoms with E-state index in [1.807, 2.05) is 126 Å². The van der Waals surface area contributed by atoms with Gasteiger partial charge in [-0.2, -0.15) is 29.0 Å². The molecule has 0 amide bonds. The van der Waals surface area contributed by atoms with Crippen molar-refractivity contribution in [3.8, 4) is 63.0 Å². The average molecular weight is 780 g/mol. The number of aromatic nitrogens is 2. The van der Waals surface area contributed by atoms with Gasteiger partial charge in [-0.25, -0.2) is 0 Å². The normalized spacial score (nSPS) is 11.5. The molecular formula is C52H28F3N5. The maximum absolute atomic E-state index is 14.8. The molecule has 0 aliphatic carbocycles. The minimum Gasteiger partial charge on any atom is -0.309 e. The highest BCUT2D eigenvalue weighted by Gasteiger charge is 2.32. The summed E-state index contributed by atoms with van der Waals surface area (Å²) in [5.74, 6) is 0. The van der Waals surface area contributed by atoms with Crippen molar-refractivity contribution in [3.05, 3.63) is 192 Å². The van der Waals surface area contributed by atoms with E-state index in [0.29, 0.717) is 44.5 Å². The van der Waals surface area contributed by atoms with E-state index < -0.39 is 11.7 Å². The van der Waals surface area contributed by atoms with Crippen LogP contribution in [0.5, 0.6) is 0 Å². The van der Waals surface area contributed by atoms with Gasteiger partial charge in [-0.3, -0.25) is 0 Å². The molecule has 0 aliphatic heterocycles. The molecule has 0 saturated heterocycles. The molecule has 10 rings (SSSR count). The highest BCUT2D eigenvalue weighted by Crippen LogP contribution is 2.44. The third-order valence-electron chi connectivity index (χ3n) is 11.3. The van der Waals surface area contributed by atoms with Crippen LogP contribution in [0, 0.1) is 34.0 Å². The number of nitrogens with zero attached hydrogens (tertiary/aromatic N) is 5. The van der Waals surface area contributed by atoms with E-state index >= 15 is 0 Å². The first-order chi connectivity index (χ1) is 29.3. The van der Waals surface area contributed by atoms with Crippen molar-refractivity contribution in [2.24, 2.45) is 0 Å². The molecule has 10 aromatic rings. The number of hydrogen-bond donors (Lipinski definition) is 0. The van der Waals surface area contributed by atoms with Crippen LogP contribution in [0.1, 0.15) is 22.3 Å². The second kappa shape index (κ2) is 13.9. The molecule has 0 unspecified atom stereocenters. The first-order valence-corrected chi connectivity index (χ1v) is 19.1. The van der Waals surface area contributed by atoms with Gasteiger partial charge in [0.2, 0.25) is 0 Å². The Morgan fingerprint density at radius 3 is 1.42 bits per heavy atom. The first-order valence-electron chi connectivity index (χ1n) is 19.1. The van der Waals surface area contributed by atoms with E-state index in [4.69, 9.17) is 0 Å². The number of alkyl halides is 3. The van der Waals surface area contributed by atoms with Crippen molar-refractivity contribution in [3.63, 3.8) is 0 Å². The molecule has 282 valence electrons. The van der Waals surface area contributed by atoms with Gasteiger partial charge in [0.1, 0.15) is 0 Å². The monoisotopic (exact) mass is 779 g/mol. The van der Waals surface area contributed by atoms with Crippen LogP contribution in [0.4, 0.5) is 13.2 Å². The summed E-state index contributed by atoms with van der Waals surface area (Å²) in [7, 11) is 0. The molecule has 8 heteroatoms. The molecule has 0 bridgehead atoms. The highest BCUT2D eigenvalue weighted by molar-refractivity contribution is 6.13. The smallest absolute Gasteiger partial charge is 0.309 e. The highest BCUT2D eigenvalue weighted by atomic mass is 19.4. The molecule has 8 aromatic carbocycles. The van der Waals surface area contributed by atoms with Crippen molar-refractivity contribution < 1.29 is 13.2 Å². The Morgan fingerprint density at radius 1 is 0.383 bits per heavy atom. The van der Waals surface area contributed by atoms with Crippen LogP contribution in [0.2, 0.25) is 0 Å². The van der Waals surface area contributed by atoms with Crippen LogP contribution in [-0.4, -0.2) is 9.13 Å². The zero-order chi connectivity index (χ0) is 41.1. The van der Waals surface area contributed by atoms with Crippen LogP contribution in [0.15, 0.2) is 170 Å². The predicted molar refractivity (Wildman–Crippen MR) is 231 cm³/mol. The lowest BCUT2D eigenvalue weighted by molar-refractivity contribution is -0.137. The van der Waals surface area contributed by atoms with E-state index in [0.717, 1.165) is 60.9 Å². The molecule has 0 spiro atoms. The summed E-state index contributed by atoms with van der Waals surface area (Å²) < 4.78 is 48.2. The lowest BCUT2D eigenvalue weighted by Gasteiger charge is -2.20. The lowest BCUT2D eigenvalue weighted by atomic mass is 9.96. The molecule has 0 aliphatic rings. The number of hydrogen-bond acceptors (Lipinski definition) is 3. The first kappa shape index (κ1) is 36.0. The lowest BCUT2D eigenvalue weighted by Crippen LogP contribution is -2.08. The van der Waals surface area contributed by atoms with Gasteiger partial charge < -0.3 is 9.13 Å². The Hall–Kier alpha value is -8.38.